The molecule has 1 aromatic heterocycles. The Morgan fingerprint density at radius 1 is 1.64 bits per heavy atom. The Labute approximate surface area is 86.6 Å². The number of nitrogens with one attached hydrogen (secondary N) is 1. The van der Waals surface area contributed by atoms with Crippen LogP contribution in [-0.2, 0) is 4.74 Å². The van der Waals surface area contributed by atoms with Gasteiger partial charge in [0.25, 0.3) is 0 Å². The Kier molecular flexibility index (Phi) is 3.26. The summed E-state index contributed by atoms with van der Waals surface area (Å²) < 4.78 is 10.5. The molecule has 2 heterocycles. The van der Waals surface area contributed by atoms with E-state index in [4.69, 9.17) is 9.26 Å². The van der Waals surface area contributed by atoms with Crippen LogP contribution in [-0.4, -0.2) is 34.8 Å². The molecule has 1 saturated heterocycles. The van der Waals surface area contributed by atoms with Crippen LogP contribution in [0, 0.1) is 0 Å². The van der Waals surface area contributed by atoms with Crippen LogP contribution in [0.3, 0.4) is 0 Å². The molecule has 0 saturated carbocycles. The van der Waals surface area contributed by atoms with E-state index in [2.05, 4.69) is 15.5 Å². The average molecular weight is 215 g/mol. The number of ether oxygens (including phenoxy) is 1. The highest BCUT2D eigenvalue weighted by Crippen LogP contribution is 2.24. The summed E-state index contributed by atoms with van der Waals surface area (Å²) in [5, 5.41) is 6.84. The topological polar surface area (TPSA) is 60.2 Å². The van der Waals surface area contributed by atoms with E-state index in [1.54, 1.807) is 0 Å². The average Bonchev–Trinajstić information content (AvgIpc) is 2.68. The Hall–Kier alpha value is -0.750. The predicted molar refractivity (Wildman–Crippen MR) is 54.5 cm³/mol. The van der Waals surface area contributed by atoms with E-state index in [1.807, 2.05) is 18.7 Å². The highest BCUT2D eigenvalue weighted by atomic mass is 32.2. The molecule has 5 nitrogen and oxygen atoms in total. The van der Waals surface area contributed by atoms with Gasteiger partial charge in [0.15, 0.2) is 0 Å². The fourth-order valence-electron chi connectivity index (χ4n) is 1.23. The van der Waals surface area contributed by atoms with Crippen molar-refractivity contribution in [2.75, 3.05) is 30.0 Å². The van der Waals surface area contributed by atoms with Gasteiger partial charge in [-0.3, -0.25) is 0 Å². The Morgan fingerprint density at radius 3 is 3.29 bits per heavy atom. The molecule has 1 atom stereocenters. The van der Waals surface area contributed by atoms with Gasteiger partial charge in [-0.15, -0.1) is 0 Å². The SMILES string of the molecule is CCNc1nc(C2CSCCO2)no1. The van der Waals surface area contributed by atoms with Crippen LogP contribution >= 0.6 is 11.8 Å². The van der Waals surface area contributed by atoms with E-state index in [1.165, 1.54) is 0 Å². The van der Waals surface area contributed by atoms with Crippen molar-refractivity contribution in [1.29, 1.82) is 0 Å². The van der Waals surface area contributed by atoms with Gasteiger partial charge in [0, 0.05) is 18.1 Å². The molecule has 0 spiro atoms. The first-order valence-corrected chi connectivity index (χ1v) is 5.82. The summed E-state index contributed by atoms with van der Waals surface area (Å²) in [5.41, 5.74) is 0. The zero-order valence-electron chi connectivity index (χ0n) is 8.02. The van der Waals surface area contributed by atoms with E-state index < -0.39 is 0 Å². The Bertz CT molecular complexity index is 286. The fourth-order valence-corrected chi connectivity index (χ4v) is 2.07. The largest absolute Gasteiger partial charge is 0.368 e. The van der Waals surface area contributed by atoms with Gasteiger partial charge in [-0.25, -0.2) is 0 Å². The van der Waals surface area contributed by atoms with E-state index in [9.17, 15) is 0 Å². The van der Waals surface area contributed by atoms with Crippen LogP contribution in [0.1, 0.15) is 18.9 Å². The van der Waals surface area contributed by atoms with Crippen LogP contribution < -0.4 is 5.32 Å². The molecule has 1 aromatic rings. The number of rotatable bonds is 3. The van der Waals surface area contributed by atoms with Crippen LogP contribution in [0.15, 0.2) is 4.52 Å². The minimum absolute atomic E-state index is 0.00935. The zero-order chi connectivity index (χ0) is 9.80. The van der Waals surface area contributed by atoms with Crippen LogP contribution in [0.2, 0.25) is 0 Å². The molecule has 14 heavy (non-hydrogen) atoms. The number of aromatic nitrogens is 2. The lowest BCUT2D eigenvalue weighted by Gasteiger charge is -2.18. The molecular weight excluding hydrogens is 202 g/mol. The van der Waals surface area contributed by atoms with E-state index in [0.717, 1.165) is 24.7 Å². The fraction of sp³-hybridized carbons (Fsp3) is 0.750. The van der Waals surface area contributed by atoms with E-state index in [0.29, 0.717) is 11.8 Å². The maximum absolute atomic E-state index is 5.52. The molecule has 2 rings (SSSR count). The van der Waals surface area contributed by atoms with Gasteiger partial charge in [0.2, 0.25) is 5.82 Å². The van der Waals surface area contributed by atoms with Crippen molar-refractivity contribution in [2.45, 2.75) is 13.0 Å². The highest BCUT2D eigenvalue weighted by Gasteiger charge is 2.21. The Balaban J connectivity index is 2.00. The normalized spacial score (nSPS) is 22.2. The predicted octanol–water partition coefficient (Wildman–Crippen LogP) is 1.31. The molecule has 1 aliphatic heterocycles. The monoisotopic (exact) mass is 215 g/mol. The number of hydrogen-bond donors (Lipinski definition) is 1. The number of nitrogens with zero attached hydrogens (tertiary/aromatic N) is 2. The maximum atomic E-state index is 5.52. The second-order valence-corrected chi connectivity index (χ2v) is 4.07. The molecule has 0 bridgehead atoms. The minimum Gasteiger partial charge on any atom is -0.368 e. The van der Waals surface area contributed by atoms with E-state index in [-0.39, 0.29) is 6.10 Å². The molecule has 1 unspecified atom stereocenters. The van der Waals surface area contributed by atoms with Crippen molar-refractivity contribution >= 4 is 17.8 Å². The summed E-state index contributed by atoms with van der Waals surface area (Å²) in [6.45, 7) is 3.53. The Morgan fingerprint density at radius 2 is 2.57 bits per heavy atom. The summed E-state index contributed by atoms with van der Waals surface area (Å²) in [6, 6.07) is 0.474. The minimum atomic E-state index is -0.00935. The number of anilines is 1. The summed E-state index contributed by atoms with van der Waals surface area (Å²) >= 11 is 1.85. The molecule has 78 valence electrons. The van der Waals surface area contributed by atoms with Crippen molar-refractivity contribution < 1.29 is 9.26 Å². The second kappa shape index (κ2) is 4.65. The van der Waals surface area contributed by atoms with Crippen molar-refractivity contribution in [3.8, 4) is 0 Å². The van der Waals surface area contributed by atoms with Gasteiger partial charge >= 0.3 is 6.01 Å². The number of thioether (sulfide) groups is 1. The van der Waals surface area contributed by atoms with Crippen LogP contribution in [0.5, 0.6) is 0 Å². The second-order valence-electron chi connectivity index (χ2n) is 2.92. The van der Waals surface area contributed by atoms with Crippen LogP contribution in [0.25, 0.3) is 0 Å². The lowest BCUT2D eigenvalue weighted by atomic mass is 10.4. The van der Waals surface area contributed by atoms with Crippen molar-refractivity contribution in [3.05, 3.63) is 5.82 Å². The molecule has 1 aliphatic rings. The smallest absolute Gasteiger partial charge is 0.321 e. The van der Waals surface area contributed by atoms with Gasteiger partial charge in [0.1, 0.15) is 6.10 Å². The molecule has 1 fully saturated rings. The zero-order valence-corrected chi connectivity index (χ0v) is 8.84. The van der Waals surface area contributed by atoms with Crippen molar-refractivity contribution in [3.63, 3.8) is 0 Å². The van der Waals surface area contributed by atoms with Crippen LogP contribution in [0.4, 0.5) is 6.01 Å². The van der Waals surface area contributed by atoms with Gasteiger partial charge in [0.05, 0.1) is 6.61 Å². The summed E-state index contributed by atoms with van der Waals surface area (Å²) in [5.74, 6) is 2.60. The summed E-state index contributed by atoms with van der Waals surface area (Å²) in [7, 11) is 0. The van der Waals surface area contributed by atoms with Gasteiger partial charge < -0.3 is 14.6 Å². The van der Waals surface area contributed by atoms with Crippen molar-refractivity contribution in [1.82, 2.24) is 10.1 Å². The van der Waals surface area contributed by atoms with E-state index >= 15 is 0 Å². The lowest BCUT2D eigenvalue weighted by molar-refractivity contribution is 0.0677. The molecule has 0 radical (unpaired) electrons. The molecule has 0 amide bonds. The quantitative estimate of drug-likeness (QED) is 0.820. The van der Waals surface area contributed by atoms with Gasteiger partial charge in [-0.2, -0.15) is 16.7 Å². The third kappa shape index (κ3) is 2.19. The molecular formula is C8H13N3O2S. The molecule has 1 N–H and O–H groups in total. The first-order valence-electron chi connectivity index (χ1n) is 4.67. The molecule has 0 aromatic carbocycles. The third-order valence-corrected chi connectivity index (χ3v) is 2.87. The lowest BCUT2D eigenvalue weighted by Crippen LogP contribution is -2.16. The van der Waals surface area contributed by atoms with Crippen molar-refractivity contribution in [2.24, 2.45) is 0 Å². The summed E-state index contributed by atoms with van der Waals surface area (Å²) in [6.07, 6.45) is -0.00935. The van der Waals surface area contributed by atoms with Gasteiger partial charge in [-0.05, 0) is 6.92 Å². The molecule has 6 heteroatoms. The standard InChI is InChI=1S/C8H13N3O2S/c1-2-9-8-10-7(11-13-8)6-5-14-4-3-12-6/h6H,2-5H2,1H3,(H,9,10,11). The first-order chi connectivity index (χ1) is 6.90. The molecule has 0 aliphatic carbocycles. The highest BCUT2D eigenvalue weighted by molar-refractivity contribution is 7.99. The number of hydrogen-bond acceptors (Lipinski definition) is 6. The summed E-state index contributed by atoms with van der Waals surface area (Å²) in [4.78, 5) is 4.20. The maximum Gasteiger partial charge on any atom is 0.321 e. The van der Waals surface area contributed by atoms with Gasteiger partial charge in [-0.1, -0.05) is 5.16 Å². The third-order valence-electron chi connectivity index (χ3n) is 1.87. The first kappa shape index (κ1) is 9.79.